The van der Waals surface area contributed by atoms with E-state index in [9.17, 15) is 14.7 Å². The maximum Gasteiger partial charge on any atom is 0.352 e. The van der Waals surface area contributed by atoms with Crippen molar-refractivity contribution in [2.75, 3.05) is 14.1 Å². The summed E-state index contributed by atoms with van der Waals surface area (Å²) >= 11 is 7.35. The van der Waals surface area contributed by atoms with E-state index in [1.165, 1.54) is 16.7 Å². The van der Waals surface area contributed by atoms with E-state index in [0.29, 0.717) is 5.57 Å². The zero-order valence-electron chi connectivity index (χ0n) is 10.2. The van der Waals surface area contributed by atoms with Crippen LogP contribution in [-0.4, -0.2) is 51.6 Å². The van der Waals surface area contributed by atoms with Gasteiger partial charge in [0, 0.05) is 25.2 Å². The van der Waals surface area contributed by atoms with Crippen LogP contribution in [0.1, 0.15) is 6.92 Å². The van der Waals surface area contributed by atoms with E-state index < -0.39 is 11.3 Å². The number of β-lactam (4-membered cyclic amide) rings is 1. The molecule has 0 aromatic carbocycles. The van der Waals surface area contributed by atoms with Crippen molar-refractivity contribution >= 4 is 35.2 Å². The third-order valence-corrected chi connectivity index (χ3v) is 4.73. The van der Waals surface area contributed by atoms with Crippen LogP contribution in [0.15, 0.2) is 22.4 Å². The van der Waals surface area contributed by atoms with Crippen molar-refractivity contribution in [1.82, 2.24) is 9.80 Å². The van der Waals surface area contributed by atoms with Crippen LogP contribution in [0.5, 0.6) is 0 Å². The van der Waals surface area contributed by atoms with Gasteiger partial charge in [0.2, 0.25) is 5.91 Å². The fourth-order valence-electron chi connectivity index (χ4n) is 1.92. The third-order valence-electron chi connectivity index (χ3n) is 2.77. The van der Waals surface area contributed by atoms with E-state index in [1.54, 1.807) is 6.92 Å². The summed E-state index contributed by atoms with van der Waals surface area (Å²) in [5.41, 5.74) is 0.628. The van der Waals surface area contributed by atoms with Crippen molar-refractivity contribution in [2.24, 2.45) is 0 Å². The van der Waals surface area contributed by atoms with Crippen molar-refractivity contribution < 1.29 is 14.7 Å². The highest BCUT2D eigenvalue weighted by molar-refractivity contribution is 8.04. The number of carbonyl (C=O) groups excluding carboxylic acids is 1. The highest BCUT2D eigenvalue weighted by atomic mass is 35.5. The number of hydrogen-bond acceptors (Lipinski definition) is 4. The first kappa shape index (κ1) is 13.3. The lowest BCUT2D eigenvalue weighted by molar-refractivity contribution is -0.145. The minimum absolute atomic E-state index is 0.0359. The van der Waals surface area contributed by atoms with E-state index in [-0.39, 0.29) is 17.0 Å². The minimum Gasteiger partial charge on any atom is -0.477 e. The minimum atomic E-state index is -1.10. The molecule has 1 N–H and O–H groups in total. The number of hydrogen-bond donors (Lipinski definition) is 1. The summed E-state index contributed by atoms with van der Waals surface area (Å²) in [6.07, 6.45) is 1.84. The second-order valence-corrected chi connectivity index (χ2v) is 5.98. The van der Waals surface area contributed by atoms with Gasteiger partial charge in [-0.1, -0.05) is 11.8 Å². The number of thioether (sulfide) groups is 1. The molecule has 1 fully saturated rings. The van der Waals surface area contributed by atoms with Crippen LogP contribution in [0.3, 0.4) is 0 Å². The van der Waals surface area contributed by atoms with E-state index in [2.05, 4.69) is 0 Å². The van der Waals surface area contributed by atoms with Gasteiger partial charge in [-0.15, -0.1) is 11.6 Å². The summed E-state index contributed by atoms with van der Waals surface area (Å²) in [6.45, 7) is 1.71. The fraction of sp³-hybridized carbons (Fsp3) is 0.455. The van der Waals surface area contributed by atoms with Crippen LogP contribution in [0.25, 0.3) is 0 Å². The molecule has 0 saturated carbocycles. The molecule has 0 aliphatic carbocycles. The molecular weight excluding hydrogens is 276 g/mol. The predicted octanol–water partition coefficient (Wildman–Crippen LogP) is 1.27. The van der Waals surface area contributed by atoms with Crippen molar-refractivity contribution in [1.29, 1.82) is 0 Å². The van der Waals surface area contributed by atoms with Crippen molar-refractivity contribution in [3.8, 4) is 0 Å². The van der Waals surface area contributed by atoms with Crippen LogP contribution >= 0.6 is 23.4 Å². The molecule has 7 heteroatoms. The summed E-state index contributed by atoms with van der Waals surface area (Å²) in [7, 11) is 3.72. The quantitative estimate of drug-likeness (QED) is 0.612. The number of halogens is 1. The SMILES string of the molecule is CC1=C(C(=O)O)N2C(=O)[C@H](Cl)[C@H]2SC1=CN(C)C. The monoisotopic (exact) mass is 288 g/mol. The first-order valence-electron chi connectivity index (χ1n) is 5.31. The smallest absolute Gasteiger partial charge is 0.352 e. The fourth-order valence-corrected chi connectivity index (χ4v) is 3.65. The van der Waals surface area contributed by atoms with E-state index in [4.69, 9.17) is 11.6 Å². The van der Waals surface area contributed by atoms with Gasteiger partial charge in [0.25, 0.3) is 0 Å². The summed E-state index contributed by atoms with van der Waals surface area (Å²) < 4.78 is 0. The summed E-state index contributed by atoms with van der Waals surface area (Å²) in [5.74, 6) is -1.44. The topological polar surface area (TPSA) is 60.9 Å². The Morgan fingerprint density at radius 3 is 2.67 bits per heavy atom. The summed E-state index contributed by atoms with van der Waals surface area (Å²) in [5, 5.41) is 8.27. The molecule has 18 heavy (non-hydrogen) atoms. The standard InChI is InChI=1S/C11H13ClN2O3S/c1-5-6(4-13(2)3)18-10-7(12)9(15)14(10)8(5)11(16)17/h4,7,10H,1-3H3,(H,16,17)/t7-,10+/m0/s1. The molecular formula is C11H13ClN2O3S. The molecule has 1 saturated heterocycles. The average Bonchev–Trinajstić information content (AvgIpc) is 2.29. The molecule has 2 heterocycles. The zero-order valence-corrected chi connectivity index (χ0v) is 11.7. The molecule has 98 valence electrons. The predicted molar refractivity (Wildman–Crippen MR) is 70.0 cm³/mol. The number of rotatable bonds is 2. The van der Waals surface area contributed by atoms with Crippen molar-refractivity contribution in [3.63, 3.8) is 0 Å². The van der Waals surface area contributed by atoms with E-state index >= 15 is 0 Å². The zero-order chi connectivity index (χ0) is 13.6. The molecule has 0 unspecified atom stereocenters. The number of carboxylic acid groups (broad SMARTS) is 1. The molecule has 5 nitrogen and oxygen atoms in total. The Kier molecular flexibility index (Phi) is 3.33. The summed E-state index contributed by atoms with van der Waals surface area (Å²) in [4.78, 5) is 26.9. The maximum absolute atomic E-state index is 11.6. The number of fused-ring (bicyclic) bond motifs is 1. The number of amides is 1. The average molecular weight is 289 g/mol. The van der Waals surface area contributed by atoms with Gasteiger partial charge in [-0.05, 0) is 12.5 Å². The molecule has 2 rings (SSSR count). The van der Waals surface area contributed by atoms with Crippen molar-refractivity contribution in [3.05, 3.63) is 22.4 Å². The van der Waals surface area contributed by atoms with Gasteiger partial charge >= 0.3 is 5.97 Å². The highest BCUT2D eigenvalue weighted by Crippen LogP contribution is 2.47. The van der Waals surface area contributed by atoms with Gasteiger partial charge in [0.1, 0.15) is 16.4 Å². The third kappa shape index (κ3) is 1.89. The Balaban J connectivity index is 2.48. The lowest BCUT2D eigenvalue weighted by atomic mass is 10.1. The number of carboxylic acids is 1. The number of aliphatic carboxylic acids is 1. The first-order valence-corrected chi connectivity index (χ1v) is 6.62. The van der Waals surface area contributed by atoms with Gasteiger partial charge in [0.15, 0.2) is 0 Å². The van der Waals surface area contributed by atoms with Crippen LogP contribution in [0, 0.1) is 0 Å². The Bertz CT molecular complexity index is 487. The van der Waals surface area contributed by atoms with Gasteiger partial charge in [-0.3, -0.25) is 9.69 Å². The van der Waals surface area contributed by atoms with Gasteiger partial charge in [0.05, 0.1) is 0 Å². The number of nitrogens with zero attached hydrogens (tertiary/aromatic N) is 2. The van der Waals surface area contributed by atoms with Gasteiger partial charge < -0.3 is 10.0 Å². The molecule has 0 bridgehead atoms. The second-order valence-electron chi connectivity index (χ2n) is 4.35. The number of alkyl halides is 1. The Hall–Kier alpha value is -1.14. The first-order chi connectivity index (χ1) is 8.34. The highest BCUT2D eigenvalue weighted by Gasteiger charge is 2.53. The van der Waals surface area contributed by atoms with E-state index in [1.807, 2.05) is 25.2 Å². The Morgan fingerprint density at radius 1 is 1.56 bits per heavy atom. The van der Waals surface area contributed by atoms with Crippen LogP contribution in [-0.2, 0) is 9.59 Å². The lowest BCUT2D eigenvalue weighted by Crippen LogP contribution is -2.62. The van der Waals surface area contributed by atoms with Gasteiger partial charge in [-0.2, -0.15) is 0 Å². The maximum atomic E-state index is 11.6. The Labute approximate surface area is 114 Å². The molecule has 0 aromatic heterocycles. The molecule has 2 atom stereocenters. The normalized spacial score (nSPS) is 29.2. The molecule has 0 aromatic rings. The Morgan fingerprint density at radius 2 is 2.17 bits per heavy atom. The van der Waals surface area contributed by atoms with E-state index in [0.717, 1.165) is 4.91 Å². The molecule has 2 aliphatic heterocycles. The molecule has 2 aliphatic rings. The number of carbonyl (C=O) groups is 2. The van der Waals surface area contributed by atoms with Crippen LogP contribution in [0.2, 0.25) is 0 Å². The largest absolute Gasteiger partial charge is 0.477 e. The second kappa shape index (κ2) is 4.51. The van der Waals surface area contributed by atoms with Crippen LogP contribution in [0.4, 0.5) is 0 Å². The van der Waals surface area contributed by atoms with Crippen LogP contribution < -0.4 is 0 Å². The molecule has 0 radical (unpaired) electrons. The number of allylic oxidation sites excluding steroid dienone is 1. The molecule has 1 amide bonds. The van der Waals surface area contributed by atoms with Crippen molar-refractivity contribution in [2.45, 2.75) is 17.7 Å². The summed E-state index contributed by atoms with van der Waals surface area (Å²) in [6, 6.07) is 0. The van der Waals surface area contributed by atoms with Gasteiger partial charge in [-0.25, -0.2) is 4.79 Å². The molecule has 0 spiro atoms. The lowest BCUT2D eigenvalue weighted by Gasteiger charge is -2.47.